The van der Waals surface area contributed by atoms with Gasteiger partial charge in [0.1, 0.15) is 5.75 Å². The molecular weight excluding hydrogens is 326 g/mol. The van der Waals surface area contributed by atoms with Crippen molar-refractivity contribution in [3.8, 4) is 5.75 Å². The number of anilines is 1. The van der Waals surface area contributed by atoms with Gasteiger partial charge in [0.2, 0.25) is 10.0 Å². The van der Waals surface area contributed by atoms with Gasteiger partial charge in [0.05, 0.1) is 37.0 Å². The summed E-state index contributed by atoms with van der Waals surface area (Å²) in [4.78, 5) is 6.49. The first-order chi connectivity index (χ1) is 11.6. The van der Waals surface area contributed by atoms with Gasteiger partial charge in [-0.1, -0.05) is 31.9 Å². The van der Waals surface area contributed by atoms with Crippen LogP contribution in [0.3, 0.4) is 0 Å². The Morgan fingerprint density at radius 3 is 3.00 bits per heavy atom. The van der Waals surface area contributed by atoms with E-state index in [1.54, 1.807) is 6.07 Å². The van der Waals surface area contributed by atoms with Crippen LogP contribution in [0.4, 0.5) is 5.69 Å². The molecular formula is C17H25N3O3S. The fourth-order valence-electron chi connectivity index (χ4n) is 3.22. The molecule has 132 valence electrons. The fourth-order valence-corrected chi connectivity index (χ4v) is 4.40. The van der Waals surface area contributed by atoms with Crippen molar-refractivity contribution in [1.82, 2.24) is 4.90 Å². The van der Waals surface area contributed by atoms with Crippen molar-refractivity contribution in [2.24, 2.45) is 4.99 Å². The van der Waals surface area contributed by atoms with Gasteiger partial charge in [0.25, 0.3) is 0 Å². The number of aliphatic imine (C=N–C) groups is 1. The molecule has 0 amide bonds. The number of rotatable bonds is 7. The average Bonchev–Trinajstić information content (AvgIpc) is 3.09. The number of benzene rings is 1. The molecule has 0 saturated carbocycles. The van der Waals surface area contributed by atoms with Gasteiger partial charge in [0.15, 0.2) is 0 Å². The largest absolute Gasteiger partial charge is 0.491 e. The van der Waals surface area contributed by atoms with Crippen LogP contribution in [-0.4, -0.2) is 45.1 Å². The lowest BCUT2D eigenvalue weighted by molar-refractivity contribution is 0.211. The third-order valence-electron chi connectivity index (χ3n) is 4.44. The lowest BCUT2D eigenvalue weighted by Gasteiger charge is -2.33. The summed E-state index contributed by atoms with van der Waals surface area (Å²) >= 11 is 0. The second-order valence-electron chi connectivity index (χ2n) is 6.26. The van der Waals surface area contributed by atoms with E-state index in [0.717, 1.165) is 37.9 Å². The summed E-state index contributed by atoms with van der Waals surface area (Å²) in [6.45, 7) is 4.35. The smallest absolute Gasteiger partial charge is 0.232 e. The monoisotopic (exact) mass is 351 g/mol. The first kappa shape index (κ1) is 17.1. The molecule has 0 aromatic heterocycles. The van der Waals surface area contributed by atoms with Gasteiger partial charge in [-0.25, -0.2) is 8.42 Å². The number of ether oxygens (including phenoxy) is 1. The number of hydrogen-bond acceptors (Lipinski definition) is 5. The van der Waals surface area contributed by atoms with Crippen LogP contribution in [0, 0.1) is 0 Å². The molecule has 1 aromatic rings. The molecule has 2 aliphatic rings. The molecule has 2 heterocycles. The average molecular weight is 351 g/mol. The molecule has 0 spiro atoms. The van der Waals surface area contributed by atoms with Crippen LogP contribution in [0.1, 0.15) is 44.2 Å². The summed E-state index contributed by atoms with van der Waals surface area (Å²) in [5.41, 5.74) is 1.58. The number of unbranched alkanes of at least 4 members (excludes halogenated alkanes) is 2. The molecule has 0 bridgehead atoms. The van der Waals surface area contributed by atoms with E-state index in [2.05, 4.69) is 21.5 Å². The van der Waals surface area contributed by atoms with Crippen LogP contribution in [0.5, 0.6) is 5.75 Å². The van der Waals surface area contributed by atoms with Gasteiger partial charge in [-0.3, -0.25) is 9.71 Å². The molecule has 1 unspecified atom stereocenters. The Labute approximate surface area is 144 Å². The topological polar surface area (TPSA) is 71.0 Å². The van der Waals surface area contributed by atoms with Crippen LogP contribution in [0.25, 0.3) is 0 Å². The molecule has 0 radical (unpaired) electrons. The second-order valence-corrected chi connectivity index (χ2v) is 8.11. The molecule has 1 N–H and O–H groups in total. The fraction of sp³-hybridized carbons (Fsp3) is 0.588. The predicted octanol–water partition coefficient (Wildman–Crippen LogP) is 2.79. The molecule has 24 heavy (non-hydrogen) atoms. The van der Waals surface area contributed by atoms with Crippen molar-refractivity contribution >= 4 is 22.0 Å². The van der Waals surface area contributed by atoms with Gasteiger partial charge in [-0.2, -0.15) is 0 Å². The van der Waals surface area contributed by atoms with E-state index in [0.29, 0.717) is 24.5 Å². The summed E-state index contributed by atoms with van der Waals surface area (Å²) in [5, 5.41) is 0. The van der Waals surface area contributed by atoms with Gasteiger partial charge in [-0.05, 0) is 12.5 Å². The van der Waals surface area contributed by atoms with E-state index >= 15 is 0 Å². The predicted molar refractivity (Wildman–Crippen MR) is 96.3 cm³/mol. The Morgan fingerprint density at radius 2 is 2.25 bits per heavy atom. The lowest BCUT2D eigenvalue weighted by atomic mass is 9.98. The Morgan fingerprint density at radius 1 is 1.38 bits per heavy atom. The molecule has 3 rings (SSSR count). The molecule has 0 saturated heterocycles. The Balaban J connectivity index is 1.80. The standard InChI is InChI=1S/C17H25N3O3S/c1-2-3-4-12-24(21,22)19-15-7-5-6-14-16(8-11-23-17(14)15)20-10-9-18-13-20/h5-7,13,16,19H,2-4,8-12H2,1H3. The Kier molecular flexibility index (Phi) is 5.28. The molecule has 2 aliphatic heterocycles. The highest BCUT2D eigenvalue weighted by atomic mass is 32.2. The minimum absolute atomic E-state index is 0.146. The van der Waals surface area contributed by atoms with Gasteiger partial charge in [-0.15, -0.1) is 0 Å². The summed E-state index contributed by atoms with van der Waals surface area (Å²) in [7, 11) is -3.35. The number of hydrogen-bond donors (Lipinski definition) is 1. The molecule has 7 heteroatoms. The van der Waals surface area contributed by atoms with Crippen molar-refractivity contribution in [2.45, 2.75) is 38.6 Å². The minimum Gasteiger partial charge on any atom is -0.491 e. The quantitative estimate of drug-likeness (QED) is 0.767. The summed E-state index contributed by atoms with van der Waals surface area (Å²) in [6.07, 6.45) is 5.36. The maximum absolute atomic E-state index is 12.3. The second kappa shape index (κ2) is 7.42. The Hall–Kier alpha value is -1.76. The minimum atomic E-state index is -3.35. The molecule has 0 aliphatic carbocycles. The van der Waals surface area contributed by atoms with E-state index in [9.17, 15) is 8.42 Å². The van der Waals surface area contributed by atoms with Crippen LogP contribution in [-0.2, 0) is 10.0 Å². The zero-order chi connectivity index (χ0) is 17.0. The van der Waals surface area contributed by atoms with Crippen LogP contribution < -0.4 is 9.46 Å². The van der Waals surface area contributed by atoms with Crippen LogP contribution >= 0.6 is 0 Å². The zero-order valence-corrected chi connectivity index (χ0v) is 14.9. The third kappa shape index (κ3) is 3.83. The number of fused-ring (bicyclic) bond motifs is 1. The van der Waals surface area contributed by atoms with Crippen molar-refractivity contribution in [3.05, 3.63) is 23.8 Å². The van der Waals surface area contributed by atoms with Gasteiger partial charge >= 0.3 is 0 Å². The zero-order valence-electron chi connectivity index (χ0n) is 14.1. The normalized spacial score (nSPS) is 19.9. The number of sulfonamides is 1. The first-order valence-corrected chi connectivity index (χ1v) is 10.3. The summed E-state index contributed by atoms with van der Waals surface area (Å²) in [5.74, 6) is 0.806. The van der Waals surface area contributed by atoms with Gasteiger partial charge < -0.3 is 9.64 Å². The molecule has 6 nitrogen and oxygen atoms in total. The Bertz CT molecular complexity index is 703. The van der Waals surface area contributed by atoms with Crippen molar-refractivity contribution in [1.29, 1.82) is 0 Å². The highest BCUT2D eigenvalue weighted by Gasteiger charge is 2.29. The van der Waals surface area contributed by atoms with Crippen LogP contribution in [0.2, 0.25) is 0 Å². The third-order valence-corrected chi connectivity index (χ3v) is 5.80. The molecule has 1 aromatic carbocycles. The van der Waals surface area contributed by atoms with E-state index in [4.69, 9.17) is 4.74 Å². The number of nitrogens with one attached hydrogen (secondary N) is 1. The highest BCUT2D eigenvalue weighted by molar-refractivity contribution is 7.92. The van der Waals surface area contributed by atoms with E-state index in [1.807, 2.05) is 18.5 Å². The van der Waals surface area contributed by atoms with E-state index < -0.39 is 10.0 Å². The maximum Gasteiger partial charge on any atom is 0.232 e. The number of para-hydroxylation sites is 1. The lowest BCUT2D eigenvalue weighted by Crippen LogP contribution is -2.30. The highest BCUT2D eigenvalue weighted by Crippen LogP contribution is 2.41. The molecule has 0 fully saturated rings. The van der Waals surface area contributed by atoms with E-state index in [1.165, 1.54) is 0 Å². The maximum atomic E-state index is 12.3. The van der Waals surface area contributed by atoms with Gasteiger partial charge in [0, 0.05) is 18.5 Å². The van der Waals surface area contributed by atoms with E-state index in [-0.39, 0.29) is 11.8 Å². The molecule has 1 atom stereocenters. The SMILES string of the molecule is CCCCCS(=O)(=O)Nc1cccc2c1OCCC2N1C=NCC1. The van der Waals surface area contributed by atoms with Crippen molar-refractivity contribution in [3.63, 3.8) is 0 Å². The van der Waals surface area contributed by atoms with Crippen molar-refractivity contribution in [2.75, 3.05) is 30.2 Å². The van der Waals surface area contributed by atoms with Crippen molar-refractivity contribution < 1.29 is 13.2 Å². The summed E-state index contributed by atoms with van der Waals surface area (Å²) in [6, 6.07) is 5.87. The number of nitrogens with zero attached hydrogens (tertiary/aromatic N) is 2. The first-order valence-electron chi connectivity index (χ1n) is 8.62. The summed E-state index contributed by atoms with van der Waals surface area (Å²) < 4.78 is 33.1. The van der Waals surface area contributed by atoms with Crippen LogP contribution in [0.15, 0.2) is 23.2 Å².